The molecule has 0 saturated carbocycles. The first-order chi connectivity index (χ1) is 9.85. The number of aliphatic hydroxyl groups is 1. The number of anilines is 1. The van der Waals surface area contributed by atoms with Gasteiger partial charge in [-0.2, -0.15) is 0 Å². The molecule has 0 saturated heterocycles. The number of carbonyl (C=O) groups is 1. The van der Waals surface area contributed by atoms with Crippen LogP contribution >= 0.6 is 11.3 Å². The Hall–Kier alpha value is -1.40. The van der Waals surface area contributed by atoms with Crippen LogP contribution in [0.1, 0.15) is 32.9 Å². The Morgan fingerprint density at radius 2 is 2.24 bits per heavy atom. The molecule has 1 aromatic heterocycles. The number of amides is 2. The van der Waals surface area contributed by atoms with Gasteiger partial charge < -0.3 is 10.4 Å². The molecule has 0 bridgehead atoms. The van der Waals surface area contributed by atoms with Gasteiger partial charge in [-0.25, -0.2) is 9.78 Å². The van der Waals surface area contributed by atoms with Gasteiger partial charge in [0.05, 0.1) is 5.69 Å². The van der Waals surface area contributed by atoms with E-state index in [2.05, 4.69) is 36.4 Å². The van der Waals surface area contributed by atoms with Crippen molar-refractivity contribution >= 4 is 22.5 Å². The maximum Gasteiger partial charge on any atom is 0.321 e. The van der Waals surface area contributed by atoms with Crippen LogP contribution in [0.5, 0.6) is 0 Å². The molecular weight excluding hydrogens is 286 g/mol. The summed E-state index contributed by atoms with van der Waals surface area (Å²) in [6, 6.07) is -0.268. The van der Waals surface area contributed by atoms with E-state index < -0.39 is 0 Å². The molecule has 6 heteroatoms. The van der Waals surface area contributed by atoms with E-state index in [-0.39, 0.29) is 30.0 Å². The minimum Gasteiger partial charge on any atom is -0.396 e. The smallest absolute Gasteiger partial charge is 0.321 e. The van der Waals surface area contributed by atoms with E-state index in [1.54, 1.807) is 0 Å². The molecule has 0 aliphatic heterocycles. The average Bonchev–Trinajstić information content (AvgIpc) is 2.96. The Balaban J connectivity index is 1.82. The first kappa shape index (κ1) is 16.0. The normalized spacial score (nSPS) is 21.5. The first-order valence-electron chi connectivity index (χ1n) is 7.17. The summed E-state index contributed by atoms with van der Waals surface area (Å²) in [6.07, 6.45) is 5.50. The van der Waals surface area contributed by atoms with Gasteiger partial charge >= 0.3 is 6.03 Å². The zero-order chi connectivity index (χ0) is 15.5. The topological polar surface area (TPSA) is 74.2 Å². The van der Waals surface area contributed by atoms with E-state index in [0.717, 1.165) is 18.5 Å². The first-order valence-corrected chi connectivity index (χ1v) is 8.05. The highest BCUT2D eigenvalue weighted by atomic mass is 32.1. The van der Waals surface area contributed by atoms with Crippen LogP contribution in [-0.2, 0) is 6.42 Å². The number of aliphatic hydroxyl groups excluding tert-OH is 1. The van der Waals surface area contributed by atoms with E-state index in [1.165, 1.54) is 11.3 Å². The van der Waals surface area contributed by atoms with Crippen LogP contribution in [0.3, 0.4) is 0 Å². The number of carbonyl (C=O) groups excluding carboxylic acids is 1. The molecule has 1 aliphatic rings. The lowest BCUT2D eigenvalue weighted by atomic mass is 9.91. The van der Waals surface area contributed by atoms with Crippen molar-refractivity contribution in [3.63, 3.8) is 0 Å². The minimum atomic E-state index is -0.250. The third-order valence-electron chi connectivity index (χ3n) is 3.21. The predicted octanol–water partition coefficient (Wildman–Crippen LogP) is 2.79. The molecule has 2 atom stereocenters. The van der Waals surface area contributed by atoms with E-state index in [1.807, 2.05) is 17.5 Å². The molecule has 2 rings (SSSR count). The molecule has 2 amide bonds. The quantitative estimate of drug-likeness (QED) is 0.749. The van der Waals surface area contributed by atoms with Crippen LogP contribution < -0.4 is 10.6 Å². The van der Waals surface area contributed by atoms with Crippen molar-refractivity contribution in [1.29, 1.82) is 0 Å². The Morgan fingerprint density at radius 3 is 2.86 bits per heavy atom. The molecule has 116 valence electrons. The second-order valence-corrected chi connectivity index (χ2v) is 7.51. The zero-order valence-electron chi connectivity index (χ0n) is 12.7. The fraction of sp³-hybridized carbons (Fsp3) is 0.600. The highest BCUT2D eigenvalue weighted by molar-refractivity contribution is 7.13. The maximum absolute atomic E-state index is 11.9. The fourth-order valence-electron chi connectivity index (χ4n) is 2.31. The van der Waals surface area contributed by atoms with Crippen molar-refractivity contribution in [3.05, 3.63) is 23.2 Å². The summed E-state index contributed by atoms with van der Waals surface area (Å²) in [4.78, 5) is 16.3. The Kier molecular flexibility index (Phi) is 5.00. The van der Waals surface area contributed by atoms with Gasteiger partial charge in [0.15, 0.2) is 5.13 Å². The van der Waals surface area contributed by atoms with Gasteiger partial charge in [-0.05, 0) is 18.3 Å². The average molecular weight is 309 g/mol. The molecule has 0 unspecified atom stereocenters. The summed E-state index contributed by atoms with van der Waals surface area (Å²) in [5.41, 5.74) is 1.19. The number of rotatable bonds is 4. The molecule has 1 aliphatic carbocycles. The standard InChI is InChI=1S/C15H23N3O2S/c1-15(2,3)7-12-9-21-14(17-12)18-13(20)16-11-5-4-10(6-11)8-19/h4-5,9-11,19H,6-8H2,1-3H3,(H2,16,17,18,20)/t10-,11+/m0/s1. The van der Waals surface area contributed by atoms with E-state index in [9.17, 15) is 4.79 Å². The summed E-state index contributed by atoms with van der Waals surface area (Å²) in [6.45, 7) is 6.61. The van der Waals surface area contributed by atoms with Crippen molar-refractivity contribution in [2.75, 3.05) is 11.9 Å². The lowest BCUT2D eigenvalue weighted by Gasteiger charge is -2.15. The van der Waals surface area contributed by atoms with Gasteiger partial charge in [0.25, 0.3) is 0 Å². The largest absolute Gasteiger partial charge is 0.396 e. The number of nitrogens with one attached hydrogen (secondary N) is 2. The van der Waals surface area contributed by atoms with Gasteiger partial charge in [-0.15, -0.1) is 11.3 Å². The summed E-state index contributed by atoms with van der Waals surface area (Å²) < 4.78 is 0. The SMILES string of the molecule is CC(C)(C)Cc1csc(NC(=O)N[C@@H]2C=C[C@H](CO)C2)n1. The summed E-state index contributed by atoms with van der Waals surface area (Å²) >= 11 is 1.44. The Morgan fingerprint density at radius 1 is 1.48 bits per heavy atom. The van der Waals surface area contributed by atoms with Crippen LogP contribution in [0.15, 0.2) is 17.5 Å². The van der Waals surface area contributed by atoms with Crippen LogP contribution in [0.25, 0.3) is 0 Å². The predicted molar refractivity (Wildman–Crippen MR) is 85.5 cm³/mol. The van der Waals surface area contributed by atoms with Crippen LogP contribution in [0.2, 0.25) is 0 Å². The van der Waals surface area contributed by atoms with Crippen molar-refractivity contribution in [1.82, 2.24) is 10.3 Å². The van der Waals surface area contributed by atoms with E-state index in [0.29, 0.717) is 5.13 Å². The van der Waals surface area contributed by atoms with Gasteiger partial charge in [-0.3, -0.25) is 5.32 Å². The third-order valence-corrected chi connectivity index (χ3v) is 4.01. The fourth-order valence-corrected chi connectivity index (χ4v) is 3.01. The lowest BCUT2D eigenvalue weighted by molar-refractivity contribution is 0.238. The summed E-state index contributed by atoms with van der Waals surface area (Å²) in [7, 11) is 0. The van der Waals surface area contributed by atoms with Crippen molar-refractivity contribution in [2.45, 2.75) is 39.7 Å². The van der Waals surface area contributed by atoms with Crippen molar-refractivity contribution in [3.8, 4) is 0 Å². The van der Waals surface area contributed by atoms with E-state index >= 15 is 0 Å². The van der Waals surface area contributed by atoms with Gasteiger partial charge in [0.1, 0.15) is 0 Å². The maximum atomic E-state index is 11.9. The third kappa shape index (κ3) is 5.13. The van der Waals surface area contributed by atoms with Crippen LogP contribution in [0, 0.1) is 11.3 Å². The number of aromatic nitrogens is 1. The molecule has 0 radical (unpaired) electrons. The molecule has 1 heterocycles. The Labute approximate surface area is 129 Å². The molecule has 0 aromatic carbocycles. The van der Waals surface area contributed by atoms with Crippen molar-refractivity contribution < 1.29 is 9.90 Å². The van der Waals surface area contributed by atoms with Gasteiger partial charge in [0, 0.05) is 23.9 Å². The van der Waals surface area contributed by atoms with Crippen LogP contribution in [0.4, 0.5) is 9.93 Å². The number of thiazole rings is 1. The zero-order valence-corrected chi connectivity index (χ0v) is 13.5. The summed E-state index contributed by atoms with van der Waals surface area (Å²) in [5.74, 6) is 0.147. The van der Waals surface area contributed by atoms with Crippen LogP contribution in [-0.4, -0.2) is 28.8 Å². The van der Waals surface area contributed by atoms with Crippen molar-refractivity contribution in [2.24, 2.45) is 11.3 Å². The number of nitrogens with zero attached hydrogens (tertiary/aromatic N) is 1. The van der Waals surface area contributed by atoms with Gasteiger partial charge in [-0.1, -0.05) is 32.9 Å². The minimum absolute atomic E-state index is 0.0174. The molecule has 0 spiro atoms. The van der Waals surface area contributed by atoms with E-state index in [4.69, 9.17) is 5.11 Å². The number of hydrogen-bond donors (Lipinski definition) is 3. The molecule has 5 nitrogen and oxygen atoms in total. The van der Waals surface area contributed by atoms with Gasteiger partial charge in [0.2, 0.25) is 0 Å². The lowest BCUT2D eigenvalue weighted by Crippen LogP contribution is -2.36. The monoisotopic (exact) mass is 309 g/mol. The molecule has 3 N–H and O–H groups in total. The summed E-state index contributed by atoms with van der Waals surface area (Å²) in [5, 5.41) is 17.3. The second-order valence-electron chi connectivity index (χ2n) is 6.65. The highest BCUT2D eigenvalue weighted by Crippen LogP contribution is 2.24. The highest BCUT2D eigenvalue weighted by Gasteiger charge is 2.20. The molecule has 0 fully saturated rings. The number of urea groups is 1. The molecule has 21 heavy (non-hydrogen) atoms. The molecule has 1 aromatic rings. The molecular formula is C15H23N3O2S. The number of hydrogen-bond acceptors (Lipinski definition) is 4. The Bertz CT molecular complexity index is 519. The second kappa shape index (κ2) is 6.58.